The molecule has 60 heavy (non-hydrogen) atoms. The largest absolute Gasteiger partial charge is 0.756 e. The molecule has 0 saturated heterocycles. The van der Waals surface area contributed by atoms with Gasteiger partial charge in [0.25, 0.3) is 7.82 Å². The number of phosphoric ester groups is 1. The normalized spacial score (nSPS) is 14.7. The van der Waals surface area contributed by atoms with E-state index in [1.807, 2.05) is 27.2 Å². The first-order chi connectivity index (χ1) is 29.0. The van der Waals surface area contributed by atoms with Gasteiger partial charge in [-0.1, -0.05) is 190 Å². The summed E-state index contributed by atoms with van der Waals surface area (Å²) in [6.45, 7) is 4.60. The van der Waals surface area contributed by atoms with Gasteiger partial charge in [0.1, 0.15) is 13.2 Å². The number of hydrogen-bond acceptors (Lipinski definition) is 6. The standard InChI is InChI=1S/C51H95N2O6P/c1-6-8-10-12-14-16-18-20-22-24-25-26-27-29-31-33-35-37-39-41-43-45-51(55)52-49(48-59-60(56,57)58-47-46-53(3,4)5)50(54)44-42-40-38-36-34-32-30-28-23-21-19-17-15-13-11-9-7-2/h18,20,24-25,27,29,34,36,42,44,49-50,54H,6-17,19,21-23,26,28,30-33,35,37-41,43,45-48H2,1-5H3,(H-,52,55,56,57)/b20-18-,25-24-,29-27-,36-34+,44-42+. The predicted molar refractivity (Wildman–Crippen MR) is 256 cm³/mol. The number of aliphatic hydroxyl groups is 1. The van der Waals surface area contributed by atoms with Gasteiger partial charge in [0.2, 0.25) is 5.91 Å². The molecular weight excluding hydrogens is 768 g/mol. The summed E-state index contributed by atoms with van der Waals surface area (Å²) in [6.07, 6.45) is 55.6. The number of nitrogens with one attached hydrogen (secondary N) is 1. The summed E-state index contributed by atoms with van der Waals surface area (Å²) in [5.41, 5.74) is 0. The molecule has 0 aliphatic carbocycles. The molecule has 9 heteroatoms. The van der Waals surface area contributed by atoms with E-state index in [-0.39, 0.29) is 12.5 Å². The highest BCUT2D eigenvalue weighted by Gasteiger charge is 2.23. The molecule has 0 aliphatic heterocycles. The van der Waals surface area contributed by atoms with E-state index < -0.39 is 26.6 Å². The van der Waals surface area contributed by atoms with Gasteiger partial charge < -0.3 is 28.8 Å². The van der Waals surface area contributed by atoms with Crippen LogP contribution in [0, 0.1) is 0 Å². The van der Waals surface area contributed by atoms with Crippen LogP contribution in [-0.2, 0) is 18.4 Å². The number of amides is 1. The van der Waals surface area contributed by atoms with Crippen molar-refractivity contribution >= 4 is 13.7 Å². The Morgan fingerprint density at radius 2 is 0.983 bits per heavy atom. The number of allylic oxidation sites excluding steroid dienone is 9. The van der Waals surface area contributed by atoms with E-state index in [4.69, 9.17) is 9.05 Å². The average molecular weight is 863 g/mol. The van der Waals surface area contributed by atoms with E-state index in [9.17, 15) is 19.4 Å². The molecule has 0 radical (unpaired) electrons. The van der Waals surface area contributed by atoms with Gasteiger partial charge in [0.05, 0.1) is 39.9 Å². The van der Waals surface area contributed by atoms with Crippen LogP contribution in [0.5, 0.6) is 0 Å². The number of likely N-dealkylation sites (N-methyl/N-ethyl adjacent to an activating group) is 1. The lowest BCUT2D eigenvalue weighted by atomic mass is 10.1. The molecule has 8 nitrogen and oxygen atoms in total. The first-order valence-electron chi connectivity index (χ1n) is 24.7. The molecular formula is C51H95N2O6P. The van der Waals surface area contributed by atoms with Crippen molar-refractivity contribution in [3.63, 3.8) is 0 Å². The van der Waals surface area contributed by atoms with Gasteiger partial charge in [-0.2, -0.15) is 0 Å². The number of unbranched alkanes of at least 4 members (excludes halogenated alkanes) is 23. The zero-order valence-corrected chi connectivity index (χ0v) is 40.5. The third-order valence-electron chi connectivity index (χ3n) is 10.7. The molecule has 1 amide bonds. The van der Waals surface area contributed by atoms with E-state index in [1.54, 1.807) is 6.08 Å². The zero-order chi connectivity index (χ0) is 44.3. The van der Waals surface area contributed by atoms with Crippen molar-refractivity contribution in [1.82, 2.24) is 5.32 Å². The van der Waals surface area contributed by atoms with Crippen molar-refractivity contribution in [1.29, 1.82) is 0 Å². The SMILES string of the molecule is CCCCCCC/C=C\C/C=C\C/C=C\CCCCCCCCC(=O)NC(COP(=O)([O-])OCC[N+](C)(C)C)C(O)/C=C/CC/C=C/CCCCCCCCCCCCC. The Bertz CT molecular complexity index is 1160. The smallest absolute Gasteiger partial charge is 0.268 e. The second kappa shape index (κ2) is 42.5. The maximum atomic E-state index is 12.9. The lowest BCUT2D eigenvalue weighted by Crippen LogP contribution is -2.45. The number of phosphoric acid groups is 1. The number of aliphatic hydroxyl groups excluding tert-OH is 1. The molecule has 0 bridgehead atoms. The summed E-state index contributed by atoms with van der Waals surface area (Å²) in [5.74, 6) is -0.221. The van der Waals surface area contributed by atoms with Crippen LogP contribution < -0.4 is 10.2 Å². The fraction of sp³-hybridized carbons (Fsp3) is 0.784. The minimum absolute atomic E-state index is 0.0114. The Hall–Kier alpha value is -1.80. The number of rotatable bonds is 44. The molecule has 0 rings (SSSR count). The van der Waals surface area contributed by atoms with Crippen LogP contribution >= 0.6 is 7.82 Å². The number of carbonyl (C=O) groups excluding carboxylic acids is 1. The van der Waals surface area contributed by atoms with Gasteiger partial charge in [0.15, 0.2) is 0 Å². The van der Waals surface area contributed by atoms with Crippen LogP contribution in [0.25, 0.3) is 0 Å². The van der Waals surface area contributed by atoms with Crippen molar-refractivity contribution in [3.8, 4) is 0 Å². The Labute approximate surface area is 371 Å². The highest BCUT2D eigenvalue weighted by molar-refractivity contribution is 7.45. The van der Waals surface area contributed by atoms with E-state index in [1.165, 1.54) is 122 Å². The Morgan fingerprint density at radius 3 is 1.47 bits per heavy atom. The van der Waals surface area contributed by atoms with Crippen LogP contribution in [0.2, 0.25) is 0 Å². The number of quaternary nitrogens is 1. The Kier molecular flexibility index (Phi) is 41.2. The third-order valence-corrected chi connectivity index (χ3v) is 11.7. The number of hydrogen-bond donors (Lipinski definition) is 2. The van der Waals surface area contributed by atoms with Crippen molar-refractivity contribution in [3.05, 3.63) is 60.8 Å². The second-order valence-electron chi connectivity index (χ2n) is 17.8. The zero-order valence-electron chi connectivity index (χ0n) is 39.6. The van der Waals surface area contributed by atoms with Crippen LogP contribution in [0.3, 0.4) is 0 Å². The molecule has 0 heterocycles. The quantitative estimate of drug-likeness (QED) is 0.0273. The summed E-state index contributed by atoms with van der Waals surface area (Å²) >= 11 is 0. The van der Waals surface area contributed by atoms with Crippen molar-refractivity contribution in [2.75, 3.05) is 40.9 Å². The lowest BCUT2D eigenvalue weighted by Gasteiger charge is -2.29. The van der Waals surface area contributed by atoms with Crippen molar-refractivity contribution in [2.45, 2.75) is 219 Å². The predicted octanol–water partition coefficient (Wildman–Crippen LogP) is 13.6. The van der Waals surface area contributed by atoms with Crippen LogP contribution in [0.4, 0.5) is 0 Å². The highest BCUT2D eigenvalue weighted by Crippen LogP contribution is 2.38. The number of nitrogens with zero attached hydrogens (tertiary/aromatic N) is 1. The Balaban J connectivity index is 4.43. The van der Waals surface area contributed by atoms with E-state index in [0.717, 1.165) is 64.2 Å². The minimum atomic E-state index is -4.61. The Morgan fingerprint density at radius 1 is 0.583 bits per heavy atom. The molecule has 0 aromatic heterocycles. The van der Waals surface area contributed by atoms with Gasteiger partial charge in [-0.05, 0) is 70.6 Å². The van der Waals surface area contributed by atoms with Gasteiger partial charge in [-0.15, -0.1) is 0 Å². The molecule has 2 N–H and O–H groups in total. The monoisotopic (exact) mass is 863 g/mol. The second-order valence-corrected chi connectivity index (χ2v) is 19.2. The van der Waals surface area contributed by atoms with Crippen molar-refractivity contribution in [2.24, 2.45) is 0 Å². The average Bonchev–Trinajstić information content (AvgIpc) is 3.20. The highest BCUT2D eigenvalue weighted by atomic mass is 31.2. The summed E-state index contributed by atoms with van der Waals surface area (Å²) in [5, 5.41) is 13.8. The molecule has 3 atom stereocenters. The molecule has 3 unspecified atom stereocenters. The minimum Gasteiger partial charge on any atom is -0.756 e. The van der Waals surface area contributed by atoms with Crippen molar-refractivity contribution < 1.29 is 32.9 Å². The third kappa shape index (κ3) is 44.3. The van der Waals surface area contributed by atoms with Gasteiger partial charge in [0, 0.05) is 6.42 Å². The van der Waals surface area contributed by atoms with Crippen LogP contribution in [0.15, 0.2) is 60.8 Å². The summed E-state index contributed by atoms with van der Waals surface area (Å²) in [6, 6.07) is -0.912. The van der Waals surface area contributed by atoms with Crippen LogP contribution in [-0.4, -0.2) is 68.5 Å². The van der Waals surface area contributed by atoms with Gasteiger partial charge >= 0.3 is 0 Å². The molecule has 0 aliphatic rings. The molecule has 350 valence electrons. The first kappa shape index (κ1) is 58.2. The molecule has 0 fully saturated rings. The molecule has 0 saturated carbocycles. The first-order valence-corrected chi connectivity index (χ1v) is 26.1. The fourth-order valence-electron chi connectivity index (χ4n) is 6.76. The molecule has 0 aromatic carbocycles. The maximum Gasteiger partial charge on any atom is 0.268 e. The van der Waals surface area contributed by atoms with E-state index in [0.29, 0.717) is 17.4 Å². The maximum absolute atomic E-state index is 12.9. The fourth-order valence-corrected chi connectivity index (χ4v) is 7.49. The topological polar surface area (TPSA) is 108 Å². The van der Waals surface area contributed by atoms with Gasteiger partial charge in [-0.3, -0.25) is 9.36 Å². The lowest BCUT2D eigenvalue weighted by molar-refractivity contribution is -0.870. The van der Waals surface area contributed by atoms with E-state index in [2.05, 4.69) is 67.8 Å². The molecule has 0 spiro atoms. The van der Waals surface area contributed by atoms with Crippen LogP contribution in [0.1, 0.15) is 206 Å². The summed E-state index contributed by atoms with van der Waals surface area (Å²) in [7, 11) is 1.23. The molecule has 0 aromatic rings. The van der Waals surface area contributed by atoms with Gasteiger partial charge in [-0.25, -0.2) is 0 Å². The summed E-state index contributed by atoms with van der Waals surface area (Å²) in [4.78, 5) is 25.4. The summed E-state index contributed by atoms with van der Waals surface area (Å²) < 4.78 is 23.2. The van der Waals surface area contributed by atoms with E-state index >= 15 is 0 Å². The number of carbonyl (C=O) groups is 1.